The lowest BCUT2D eigenvalue weighted by atomic mass is 10.00. The van der Waals surface area contributed by atoms with Gasteiger partial charge in [-0.25, -0.2) is 4.79 Å². The summed E-state index contributed by atoms with van der Waals surface area (Å²) in [4.78, 5) is 25.3. The van der Waals surface area contributed by atoms with Crippen LogP contribution in [0.3, 0.4) is 0 Å². The minimum atomic E-state index is -0.474. The molecule has 1 saturated heterocycles. The SMILES string of the molecule is CCCCC[C@H](O)c1ccc([C@@H](OCC2CCC(=O)N2)c2ccc(C(=O)OC(C)C)s2)cc1. The predicted molar refractivity (Wildman–Crippen MR) is 129 cm³/mol. The zero-order chi connectivity index (χ0) is 23.8. The second-order valence-electron chi connectivity index (χ2n) is 8.85. The molecule has 0 spiro atoms. The highest BCUT2D eigenvalue weighted by atomic mass is 32.1. The number of aliphatic hydroxyl groups excluding tert-OH is 1. The van der Waals surface area contributed by atoms with Gasteiger partial charge in [0, 0.05) is 11.3 Å². The highest BCUT2D eigenvalue weighted by molar-refractivity contribution is 7.14. The summed E-state index contributed by atoms with van der Waals surface area (Å²) in [7, 11) is 0. The highest BCUT2D eigenvalue weighted by Crippen LogP contribution is 2.33. The van der Waals surface area contributed by atoms with E-state index >= 15 is 0 Å². The molecule has 33 heavy (non-hydrogen) atoms. The van der Waals surface area contributed by atoms with E-state index in [2.05, 4.69) is 12.2 Å². The van der Waals surface area contributed by atoms with Gasteiger partial charge in [0.25, 0.3) is 0 Å². The number of esters is 1. The number of thiophene rings is 1. The Morgan fingerprint density at radius 3 is 2.52 bits per heavy atom. The van der Waals surface area contributed by atoms with Crippen LogP contribution in [0, 0.1) is 0 Å². The molecule has 1 aromatic carbocycles. The quantitative estimate of drug-likeness (QED) is 0.322. The van der Waals surface area contributed by atoms with E-state index in [1.54, 1.807) is 6.07 Å². The first-order valence-electron chi connectivity index (χ1n) is 11.9. The highest BCUT2D eigenvalue weighted by Gasteiger charge is 2.25. The molecule has 7 heteroatoms. The maximum atomic E-state index is 12.3. The van der Waals surface area contributed by atoms with Crippen molar-refractivity contribution in [2.45, 2.75) is 83.6 Å². The molecule has 1 aromatic heterocycles. The molecule has 0 radical (unpaired) electrons. The van der Waals surface area contributed by atoms with Gasteiger partial charge in [0.2, 0.25) is 5.91 Å². The fraction of sp³-hybridized carbons (Fsp3) is 0.538. The van der Waals surface area contributed by atoms with Crippen LogP contribution in [0.2, 0.25) is 0 Å². The third kappa shape index (κ3) is 7.39. The Bertz CT molecular complexity index is 908. The number of rotatable bonds is 12. The number of carbonyl (C=O) groups excluding carboxylic acids is 2. The zero-order valence-corrected chi connectivity index (χ0v) is 20.5. The number of amides is 1. The average Bonchev–Trinajstić information content (AvgIpc) is 3.43. The van der Waals surface area contributed by atoms with Crippen LogP contribution in [-0.2, 0) is 14.3 Å². The molecule has 1 aliphatic rings. The number of carbonyl (C=O) groups is 2. The Morgan fingerprint density at radius 1 is 1.15 bits per heavy atom. The normalized spacial score (nSPS) is 17.7. The van der Waals surface area contributed by atoms with Gasteiger partial charge in [0.05, 0.1) is 24.9 Å². The molecule has 0 aliphatic carbocycles. The average molecular weight is 474 g/mol. The second-order valence-corrected chi connectivity index (χ2v) is 9.97. The van der Waals surface area contributed by atoms with Crippen LogP contribution in [0.4, 0.5) is 0 Å². The van der Waals surface area contributed by atoms with Crippen molar-refractivity contribution in [3.8, 4) is 0 Å². The Balaban J connectivity index is 1.76. The molecule has 3 atom stereocenters. The molecule has 1 aliphatic heterocycles. The number of ether oxygens (including phenoxy) is 2. The van der Waals surface area contributed by atoms with Crippen molar-refractivity contribution in [1.29, 1.82) is 0 Å². The lowest BCUT2D eigenvalue weighted by Crippen LogP contribution is -2.30. The molecule has 1 fully saturated rings. The molecule has 2 aromatic rings. The summed E-state index contributed by atoms with van der Waals surface area (Å²) in [5.41, 5.74) is 1.83. The third-order valence-corrected chi connectivity index (χ3v) is 6.79. The van der Waals surface area contributed by atoms with Crippen LogP contribution in [-0.4, -0.2) is 35.7 Å². The van der Waals surface area contributed by atoms with E-state index in [4.69, 9.17) is 9.47 Å². The molecule has 3 rings (SSSR count). The monoisotopic (exact) mass is 473 g/mol. The Hall–Kier alpha value is -2.22. The molecule has 1 unspecified atom stereocenters. The summed E-state index contributed by atoms with van der Waals surface area (Å²) in [6, 6.07) is 11.5. The maximum absolute atomic E-state index is 12.3. The van der Waals surface area contributed by atoms with Crippen LogP contribution >= 0.6 is 11.3 Å². The molecule has 0 bridgehead atoms. The summed E-state index contributed by atoms with van der Waals surface area (Å²) < 4.78 is 11.6. The van der Waals surface area contributed by atoms with Gasteiger partial charge in [-0.05, 0) is 49.9 Å². The number of hydrogen-bond donors (Lipinski definition) is 2. The lowest BCUT2D eigenvalue weighted by molar-refractivity contribution is -0.119. The molecule has 0 saturated carbocycles. The maximum Gasteiger partial charge on any atom is 0.348 e. The van der Waals surface area contributed by atoms with Crippen LogP contribution in [0.25, 0.3) is 0 Å². The fourth-order valence-corrected chi connectivity index (χ4v) is 4.85. The fourth-order valence-electron chi connectivity index (χ4n) is 3.88. The Kier molecular flexibility index (Phi) is 9.47. The van der Waals surface area contributed by atoms with Crippen molar-refractivity contribution < 1.29 is 24.2 Å². The van der Waals surface area contributed by atoms with E-state index < -0.39 is 6.10 Å². The predicted octanol–water partition coefficient (Wildman–Crippen LogP) is 5.31. The summed E-state index contributed by atoms with van der Waals surface area (Å²) in [6.07, 6.45) is 4.24. The van der Waals surface area contributed by atoms with Crippen LogP contribution in [0.1, 0.15) is 97.2 Å². The minimum absolute atomic E-state index is 0.00926. The number of benzene rings is 1. The number of hydrogen-bond acceptors (Lipinski definition) is 6. The van der Waals surface area contributed by atoms with Crippen molar-refractivity contribution in [2.24, 2.45) is 0 Å². The van der Waals surface area contributed by atoms with Crippen LogP contribution in [0.15, 0.2) is 36.4 Å². The van der Waals surface area contributed by atoms with Gasteiger partial charge in [-0.3, -0.25) is 4.79 Å². The second kappa shape index (κ2) is 12.3. The van der Waals surface area contributed by atoms with Gasteiger partial charge in [-0.15, -0.1) is 11.3 Å². The Labute approximate surface area is 200 Å². The van der Waals surface area contributed by atoms with Gasteiger partial charge >= 0.3 is 5.97 Å². The summed E-state index contributed by atoms with van der Waals surface area (Å²) in [6.45, 7) is 6.19. The van der Waals surface area contributed by atoms with E-state index in [0.29, 0.717) is 17.9 Å². The van der Waals surface area contributed by atoms with Crippen molar-refractivity contribution in [3.63, 3.8) is 0 Å². The smallest absolute Gasteiger partial charge is 0.348 e. The first-order valence-corrected chi connectivity index (χ1v) is 12.7. The Morgan fingerprint density at radius 2 is 1.88 bits per heavy atom. The van der Waals surface area contributed by atoms with Gasteiger partial charge in [-0.1, -0.05) is 50.5 Å². The van der Waals surface area contributed by atoms with E-state index in [9.17, 15) is 14.7 Å². The first-order chi connectivity index (χ1) is 15.9. The zero-order valence-electron chi connectivity index (χ0n) is 19.7. The standard InChI is InChI=1S/C26H35NO5S/c1-4-5-6-7-21(28)18-8-10-19(11-9-18)25(31-16-20-12-15-24(29)27-20)22-13-14-23(33-22)26(30)32-17(2)3/h8-11,13-14,17,20-21,25,28H,4-7,12,15-16H2,1-3H3,(H,27,29)/t20?,21-,25+/m0/s1. The number of unbranched alkanes of at least 4 members (excludes halogenated alkanes) is 2. The largest absolute Gasteiger partial charge is 0.459 e. The molecule has 2 N–H and O–H groups in total. The van der Waals surface area contributed by atoms with Gasteiger partial charge in [-0.2, -0.15) is 0 Å². The van der Waals surface area contributed by atoms with Crippen molar-refractivity contribution in [1.82, 2.24) is 5.32 Å². The topological polar surface area (TPSA) is 84.9 Å². The number of aliphatic hydroxyl groups is 1. The van der Waals surface area contributed by atoms with Gasteiger partial charge in [0.15, 0.2) is 0 Å². The van der Waals surface area contributed by atoms with Crippen LogP contribution < -0.4 is 5.32 Å². The van der Waals surface area contributed by atoms with Crippen molar-refractivity contribution in [2.75, 3.05) is 6.61 Å². The van der Waals surface area contributed by atoms with Crippen molar-refractivity contribution in [3.05, 3.63) is 57.3 Å². The van der Waals surface area contributed by atoms with Crippen molar-refractivity contribution >= 4 is 23.2 Å². The molecule has 180 valence electrons. The first kappa shape index (κ1) is 25.4. The van der Waals surface area contributed by atoms with Crippen LogP contribution in [0.5, 0.6) is 0 Å². The van der Waals surface area contributed by atoms with Gasteiger partial charge < -0.3 is 19.9 Å². The molecule has 1 amide bonds. The van der Waals surface area contributed by atoms with E-state index in [0.717, 1.165) is 48.1 Å². The van der Waals surface area contributed by atoms with E-state index in [1.807, 2.05) is 44.2 Å². The van der Waals surface area contributed by atoms with E-state index in [1.165, 1.54) is 11.3 Å². The molecule has 6 nitrogen and oxygen atoms in total. The molecular weight excluding hydrogens is 438 g/mol. The third-order valence-electron chi connectivity index (χ3n) is 5.68. The molecule has 2 heterocycles. The lowest BCUT2D eigenvalue weighted by Gasteiger charge is -2.21. The minimum Gasteiger partial charge on any atom is -0.459 e. The summed E-state index contributed by atoms with van der Waals surface area (Å²) in [5, 5.41) is 13.4. The van der Waals surface area contributed by atoms with Gasteiger partial charge in [0.1, 0.15) is 11.0 Å². The summed E-state index contributed by atoms with van der Waals surface area (Å²) in [5.74, 6) is -0.287. The summed E-state index contributed by atoms with van der Waals surface area (Å²) >= 11 is 1.36. The van der Waals surface area contributed by atoms with E-state index in [-0.39, 0.29) is 30.1 Å². The molecular formula is C26H35NO5S. The number of nitrogens with one attached hydrogen (secondary N) is 1.